The number of halogens is 2. The number of rotatable bonds is 5. The molecule has 1 fully saturated rings. The Morgan fingerprint density at radius 2 is 1.79 bits per heavy atom. The summed E-state index contributed by atoms with van der Waals surface area (Å²) in [5.74, 6) is -0.379. The number of benzene rings is 1. The van der Waals surface area contributed by atoms with E-state index >= 15 is 0 Å². The molecule has 1 aromatic heterocycles. The van der Waals surface area contributed by atoms with E-state index < -0.39 is 15.7 Å². The number of alkyl halides is 2. The van der Waals surface area contributed by atoms with Gasteiger partial charge in [0, 0.05) is 10.4 Å². The second kappa shape index (κ2) is 7.36. The Kier molecular flexibility index (Phi) is 5.56. The largest absolute Gasteiger partial charge is 0.465 e. The van der Waals surface area contributed by atoms with Crippen molar-refractivity contribution in [3.63, 3.8) is 0 Å². The van der Waals surface area contributed by atoms with Crippen LogP contribution in [0, 0.1) is 12.3 Å². The Balaban J connectivity index is 2.02. The first-order valence-corrected chi connectivity index (χ1v) is 10.6. The molecule has 3 rings (SSSR count). The van der Waals surface area contributed by atoms with Crippen LogP contribution in [0.25, 0.3) is 11.1 Å². The average Bonchev–Trinajstić information content (AvgIpc) is 3.00. The predicted molar refractivity (Wildman–Crippen MR) is 116 cm³/mol. The van der Waals surface area contributed by atoms with E-state index in [1.165, 1.54) is 24.0 Å². The number of carbonyl (C=O) groups excluding carboxylic acids is 2. The molecule has 1 aliphatic rings. The van der Waals surface area contributed by atoms with Crippen molar-refractivity contribution in [2.45, 2.75) is 44.4 Å². The lowest BCUT2D eigenvalue weighted by molar-refractivity contribution is -0.120. The van der Waals surface area contributed by atoms with Gasteiger partial charge in [0.05, 0.1) is 12.5 Å². The number of thiophene rings is 1. The lowest BCUT2D eigenvalue weighted by Gasteiger charge is -2.13. The van der Waals surface area contributed by atoms with Crippen LogP contribution >= 0.6 is 34.5 Å². The summed E-state index contributed by atoms with van der Waals surface area (Å²) < 4.78 is 3.92. The van der Waals surface area contributed by atoms with E-state index in [-0.39, 0.29) is 5.91 Å². The van der Waals surface area contributed by atoms with Gasteiger partial charge < -0.3 is 10.1 Å². The molecule has 1 atom stereocenters. The number of esters is 1. The minimum absolute atomic E-state index is 0.300. The first kappa shape index (κ1) is 21.2. The van der Waals surface area contributed by atoms with Crippen LogP contribution in [0.4, 0.5) is 5.00 Å². The minimum atomic E-state index is -1.08. The maximum absolute atomic E-state index is 12.7. The van der Waals surface area contributed by atoms with Crippen molar-refractivity contribution in [1.29, 1.82) is 0 Å². The normalized spacial score (nSPS) is 20.1. The first-order chi connectivity index (χ1) is 13.0. The maximum atomic E-state index is 12.7. The Hall–Kier alpha value is -1.56. The van der Waals surface area contributed by atoms with Crippen molar-refractivity contribution in [3.05, 3.63) is 40.3 Å². The Labute approximate surface area is 179 Å². The molecule has 0 saturated heterocycles. The van der Waals surface area contributed by atoms with Crippen LogP contribution < -0.4 is 5.32 Å². The summed E-state index contributed by atoms with van der Waals surface area (Å²) in [5, 5.41) is 3.31. The van der Waals surface area contributed by atoms with Gasteiger partial charge in [-0.05, 0) is 37.3 Å². The fourth-order valence-corrected chi connectivity index (χ4v) is 4.96. The molecule has 1 aliphatic carbocycles. The van der Waals surface area contributed by atoms with Crippen molar-refractivity contribution >= 4 is 51.4 Å². The number of ether oxygens (including phenoxy) is 1. The summed E-state index contributed by atoms with van der Waals surface area (Å²) in [6, 6.07) is 8.09. The number of aryl methyl sites for hydroxylation is 1. The van der Waals surface area contributed by atoms with Crippen molar-refractivity contribution in [3.8, 4) is 11.1 Å². The number of hydrogen-bond donors (Lipinski definition) is 1. The molecule has 0 aliphatic heterocycles. The van der Waals surface area contributed by atoms with Crippen LogP contribution in [0.1, 0.15) is 53.9 Å². The highest BCUT2D eigenvalue weighted by molar-refractivity contribution is 7.17. The van der Waals surface area contributed by atoms with E-state index in [0.29, 0.717) is 22.9 Å². The first-order valence-electron chi connectivity index (χ1n) is 9.03. The van der Waals surface area contributed by atoms with E-state index in [1.807, 2.05) is 19.1 Å². The lowest BCUT2D eigenvalue weighted by atomic mass is 9.97. The summed E-state index contributed by atoms with van der Waals surface area (Å²) in [6.07, 6.45) is 0.371. The third-order valence-corrected chi connectivity index (χ3v) is 7.45. The maximum Gasteiger partial charge on any atom is 0.341 e. The fraction of sp³-hybridized carbons (Fsp3) is 0.429. The SMILES string of the molecule is COC(=O)c1c(NC(=O)C2(C)CC2(Cl)Cl)sc(C)c1-c1ccc(C(C)C)cc1. The van der Waals surface area contributed by atoms with Crippen LogP contribution in [0.3, 0.4) is 0 Å². The molecule has 7 heteroatoms. The minimum Gasteiger partial charge on any atom is -0.465 e. The lowest BCUT2D eigenvalue weighted by Crippen LogP contribution is -2.26. The molecule has 1 aromatic carbocycles. The summed E-state index contributed by atoms with van der Waals surface area (Å²) in [7, 11) is 1.33. The van der Waals surface area contributed by atoms with E-state index in [1.54, 1.807) is 6.92 Å². The summed E-state index contributed by atoms with van der Waals surface area (Å²) in [4.78, 5) is 26.2. The zero-order chi connectivity index (χ0) is 20.9. The second-order valence-corrected chi connectivity index (χ2v) is 10.4. The Morgan fingerprint density at radius 1 is 1.21 bits per heavy atom. The van der Waals surface area contributed by atoms with Crippen molar-refractivity contribution in [2.24, 2.45) is 5.41 Å². The highest BCUT2D eigenvalue weighted by Gasteiger charge is 2.68. The molecule has 2 aromatic rings. The van der Waals surface area contributed by atoms with Crippen LogP contribution in [0.15, 0.2) is 24.3 Å². The van der Waals surface area contributed by atoms with Crippen LogP contribution in [-0.4, -0.2) is 23.3 Å². The molecule has 1 heterocycles. The number of methoxy groups -OCH3 is 1. The number of carbonyl (C=O) groups is 2. The summed E-state index contributed by atoms with van der Waals surface area (Å²) >= 11 is 13.6. The van der Waals surface area contributed by atoms with Gasteiger partial charge in [-0.3, -0.25) is 4.79 Å². The van der Waals surface area contributed by atoms with Crippen molar-refractivity contribution < 1.29 is 14.3 Å². The fourth-order valence-electron chi connectivity index (χ4n) is 3.20. The van der Waals surface area contributed by atoms with Crippen molar-refractivity contribution in [2.75, 3.05) is 12.4 Å². The molecule has 4 nitrogen and oxygen atoms in total. The molecule has 0 radical (unpaired) electrons. The van der Waals surface area contributed by atoms with Gasteiger partial charge in [0.1, 0.15) is 14.9 Å². The predicted octanol–water partition coefficient (Wildman–Crippen LogP) is 6.16. The van der Waals surface area contributed by atoms with E-state index in [4.69, 9.17) is 27.9 Å². The summed E-state index contributed by atoms with van der Waals surface area (Å²) in [5.41, 5.74) is 2.37. The van der Waals surface area contributed by atoms with Gasteiger partial charge in [0.2, 0.25) is 5.91 Å². The third-order valence-electron chi connectivity index (χ3n) is 5.33. The smallest absolute Gasteiger partial charge is 0.341 e. The molecule has 1 N–H and O–H groups in total. The molecule has 28 heavy (non-hydrogen) atoms. The molecule has 150 valence electrons. The van der Waals surface area contributed by atoms with Gasteiger partial charge in [0.25, 0.3) is 0 Å². The monoisotopic (exact) mass is 439 g/mol. The highest BCUT2D eigenvalue weighted by Crippen LogP contribution is 2.64. The Morgan fingerprint density at radius 3 is 2.25 bits per heavy atom. The molecule has 1 unspecified atom stereocenters. The zero-order valence-corrected chi connectivity index (χ0v) is 18.8. The zero-order valence-electron chi connectivity index (χ0n) is 16.5. The second-order valence-electron chi connectivity index (χ2n) is 7.67. The van der Waals surface area contributed by atoms with Gasteiger partial charge >= 0.3 is 5.97 Å². The number of nitrogens with one attached hydrogen (secondary N) is 1. The molecular weight excluding hydrogens is 417 g/mol. The number of anilines is 1. The number of amides is 1. The van der Waals surface area contributed by atoms with Crippen molar-refractivity contribution in [1.82, 2.24) is 0 Å². The third kappa shape index (κ3) is 3.56. The topological polar surface area (TPSA) is 55.4 Å². The number of hydrogen-bond acceptors (Lipinski definition) is 4. The van der Waals surface area contributed by atoms with Gasteiger partial charge in [0.15, 0.2) is 0 Å². The standard InChI is InChI=1S/C21H23Cl2NO3S/c1-11(2)13-6-8-14(9-7-13)15-12(3)28-17(16(15)18(25)27-5)24-19(26)20(4)10-21(20,22)23/h6-9,11H,10H2,1-5H3,(H,24,26). The van der Waals surface area contributed by atoms with E-state index in [9.17, 15) is 9.59 Å². The molecular formula is C21H23Cl2NO3S. The van der Waals surface area contributed by atoms with Crippen LogP contribution in [0.5, 0.6) is 0 Å². The van der Waals surface area contributed by atoms with Crippen LogP contribution in [-0.2, 0) is 9.53 Å². The molecule has 0 spiro atoms. The van der Waals surface area contributed by atoms with Gasteiger partial charge in [-0.15, -0.1) is 34.5 Å². The molecule has 1 saturated carbocycles. The summed E-state index contributed by atoms with van der Waals surface area (Å²) in [6.45, 7) is 7.89. The van der Waals surface area contributed by atoms with Crippen LogP contribution in [0.2, 0.25) is 0 Å². The van der Waals surface area contributed by atoms with E-state index in [0.717, 1.165) is 16.0 Å². The van der Waals surface area contributed by atoms with Gasteiger partial charge in [-0.25, -0.2) is 4.79 Å². The van der Waals surface area contributed by atoms with Gasteiger partial charge in [-0.2, -0.15) is 0 Å². The average molecular weight is 440 g/mol. The molecule has 1 amide bonds. The van der Waals surface area contributed by atoms with E-state index in [2.05, 4.69) is 31.3 Å². The molecule has 0 bridgehead atoms. The highest BCUT2D eigenvalue weighted by atomic mass is 35.5. The Bertz CT molecular complexity index is 934. The van der Waals surface area contributed by atoms with Gasteiger partial charge in [-0.1, -0.05) is 38.1 Å². The quantitative estimate of drug-likeness (QED) is 0.448.